The molecular formula is C13H24ClN. The van der Waals surface area contributed by atoms with Gasteiger partial charge in [-0.15, -0.1) is 11.6 Å². The molecule has 1 saturated heterocycles. The molecule has 2 aliphatic rings. The summed E-state index contributed by atoms with van der Waals surface area (Å²) in [7, 11) is 0. The van der Waals surface area contributed by atoms with Gasteiger partial charge in [0, 0.05) is 18.5 Å². The van der Waals surface area contributed by atoms with Gasteiger partial charge >= 0.3 is 0 Å². The zero-order valence-electron chi connectivity index (χ0n) is 9.92. The summed E-state index contributed by atoms with van der Waals surface area (Å²) in [4.78, 5) is 2.57. The van der Waals surface area contributed by atoms with E-state index in [1.54, 1.807) is 0 Å². The van der Waals surface area contributed by atoms with Gasteiger partial charge in [-0.05, 0) is 24.8 Å². The van der Waals surface area contributed by atoms with Crippen LogP contribution in [0.15, 0.2) is 0 Å². The van der Waals surface area contributed by atoms with Gasteiger partial charge < -0.3 is 4.90 Å². The van der Waals surface area contributed by atoms with Crippen molar-refractivity contribution in [1.82, 2.24) is 4.90 Å². The minimum absolute atomic E-state index is 0.420. The molecule has 1 saturated carbocycles. The molecule has 2 rings (SSSR count). The topological polar surface area (TPSA) is 3.24 Å². The summed E-state index contributed by atoms with van der Waals surface area (Å²) in [6.07, 6.45) is 8.54. The van der Waals surface area contributed by atoms with Crippen LogP contribution >= 0.6 is 11.6 Å². The van der Waals surface area contributed by atoms with Crippen molar-refractivity contribution in [2.24, 2.45) is 11.8 Å². The first-order chi connectivity index (χ1) is 7.25. The minimum atomic E-state index is 0.420. The first-order valence-electron chi connectivity index (χ1n) is 6.62. The Bertz CT molecular complexity index is 189. The fourth-order valence-corrected chi connectivity index (χ4v) is 3.50. The third kappa shape index (κ3) is 3.35. The van der Waals surface area contributed by atoms with Crippen LogP contribution in [0.4, 0.5) is 0 Å². The molecule has 0 aromatic heterocycles. The van der Waals surface area contributed by atoms with Gasteiger partial charge in [-0.2, -0.15) is 0 Å². The molecule has 0 spiro atoms. The van der Waals surface area contributed by atoms with Crippen LogP contribution < -0.4 is 0 Å². The standard InChI is InChI=1S/C13H24ClN/c1-11(12-5-3-2-4-6-12)9-15-8-7-13(14)10-15/h11-13H,2-10H2,1H3. The minimum Gasteiger partial charge on any atom is -0.302 e. The lowest BCUT2D eigenvalue weighted by Gasteiger charge is -2.30. The smallest absolute Gasteiger partial charge is 0.0475 e. The summed E-state index contributed by atoms with van der Waals surface area (Å²) in [5.74, 6) is 1.88. The normalized spacial score (nSPS) is 32.0. The molecule has 0 aromatic rings. The van der Waals surface area contributed by atoms with Crippen molar-refractivity contribution >= 4 is 11.6 Å². The molecule has 1 nitrogen and oxygen atoms in total. The average molecular weight is 230 g/mol. The molecule has 0 amide bonds. The highest BCUT2D eigenvalue weighted by Gasteiger charge is 2.25. The summed E-state index contributed by atoms with van der Waals surface area (Å²) in [5.41, 5.74) is 0. The van der Waals surface area contributed by atoms with Gasteiger partial charge in [0.15, 0.2) is 0 Å². The Kier molecular flexibility index (Phi) is 4.33. The molecule has 0 bridgehead atoms. The van der Waals surface area contributed by atoms with Crippen LogP contribution in [-0.4, -0.2) is 29.9 Å². The van der Waals surface area contributed by atoms with E-state index in [1.807, 2.05) is 0 Å². The first-order valence-corrected chi connectivity index (χ1v) is 7.06. The molecule has 88 valence electrons. The van der Waals surface area contributed by atoms with E-state index in [2.05, 4.69) is 11.8 Å². The third-order valence-corrected chi connectivity index (χ3v) is 4.57. The fourth-order valence-electron chi connectivity index (χ4n) is 3.21. The fraction of sp³-hybridized carbons (Fsp3) is 1.00. The van der Waals surface area contributed by atoms with Crippen LogP contribution in [0, 0.1) is 11.8 Å². The molecule has 2 heteroatoms. The molecule has 0 aromatic carbocycles. The molecule has 15 heavy (non-hydrogen) atoms. The molecule has 2 fully saturated rings. The highest BCUT2D eigenvalue weighted by molar-refractivity contribution is 6.20. The Balaban J connectivity index is 1.73. The number of hydrogen-bond acceptors (Lipinski definition) is 1. The third-order valence-electron chi connectivity index (χ3n) is 4.22. The maximum atomic E-state index is 6.13. The van der Waals surface area contributed by atoms with Gasteiger partial charge in [-0.25, -0.2) is 0 Å². The lowest BCUT2D eigenvalue weighted by Crippen LogP contribution is -2.30. The first kappa shape index (κ1) is 11.7. The van der Waals surface area contributed by atoms with Crippen molar-refractivity contribution in [3.63, 3.8) is 0 Å². The average Bonchev–Trinajstić information content (AvgIpc) is 2.65. The maximum absolute atomic E-state index is 6.13. The zero-order valence-corrected chi connectivity index (χ0v) is 10.7. The molecular weight excluding hydrogens is 206 g/mol. The zero-order chi connectivity index (χ0) is 10.7. The van der Waals surface area contributed by atoms with Crippen LogP contribution in [-0.2, 0) is 0 Å². The molecule has 1 aliphatic carbocycles. The molecule has 0 N–H and O–H groups in total. The number of hydrogen-bond donors (Lipinski definition) is 0. The predicted molar refractivity (Wildman–Crippen MR) is 66.4 cm³/mol. The number of halogens is 1. The van der Waals surface area contributed by atoms with E-state index in [-0.39, 0.29) is 0 Å². The van der Waals surface area contributed by atoms with E-state index in [0.29, 0.717) is 5.38 Å². The number of nitrogens with zero attached hydrogens (tertiary/aromatic N) is 1. The van der Waals surface area contributed by atoms with Crippen molar-refractivity contribution in [2.45, 2.75) is 50.8 Å². The monoisotopic (exact) mass is 229 g/mol. The maximum Gasteiger partial charge on any atom is 0.0475 e. The van der Waals surface area contributed by atoms with Gasteiger partial charge in [0.25, 0.3) is 0 Å². The van der Waals surface area contributed by atoms with E-state index in [1.165, 1.54) is 51.6 Å². The van der Waals surface area contributed by atoms with Crippen molar-refractivity contribution in [3.8, 4) is 0 Å². The van der Waals surface area contributed by atoms with Gasteiger partial charge in [-0.1, -0.05) is 39.0 Å². The Morgan fingerprint density at radius 1 is 1.20 bits per heavy atom. The van der Waals surface area contributed by atoms with Crippen LogP contribution in [0.5, 0.6) is 0 Å². The van der Waals surface area contributed by atoms with Crippen molar-refractivity contribution in [2.75, 3.05) is 19.6 Å². The Labute approximate surface area is 99.2 Å². The van der Waals surface area contributed by atoms with Crippen LogP contribution in [0.2, 0.25) is 0 Å². The highest BCUT2D eigenvalue weighted by Crippen LogP contribution is 2.31. The SMILES string of the molecule is CC(CN1CCC(Cl)C1)C1CCCCC1. The van der Waals surface area contributed by atoms with Gasteiger partial charge in [0.05, 0.1) is 0 Å². The second kappa shape index (κ2) is 5.54. The number of likely N-dealkylation sites (tertiary alicyclic amines) is 1. The Morgan fingerprint density at radius 2 is 1.93 bits per heavy atom. The highest BCUT2D eigenvalue weighted by atomic mass is 35.5. The van der Waals surface area contributed by atoms with Gasteiger partial charge in [-0.3, -0.25) is 0 Å². The van der Waals surface area contributed by atoms with E-state index >= 15 is 0 Å². The summed E-state index contributed by atoms with van der Waals surface area (Å²) in [5, 5.41) is 0.420. The van der Waals surface area contributed by atoms with E-state index in [0.717, 1.165) is 18.4 Å². The van der Waals surface area contributed by atoms with Gasteiger partial charge in [0.1, 0.15) is 0 Å². The second-order valence-electron chi connectivity index (χ2n) is 5.52. The second-order valence-corrected chi connectivity index (χ2v) is 6.14. The van der Waals surface area contributed by atoms with Crippen LogP contribution in [0.3, 0.4) is 0 Å². The van der Waals surface area contributed by atoms with Gasteiger partial charge in [0.2, 0.25) is 0 Å². The molecule has 1 aliphatic heterocycles. The van der Waals surface area contributed by atoms with Crippen molar-refractivity contribution in [3.05, 3.63) is 0 Å². The molecule has 2 atom stereocenters. The largest absolute Gasteiger partial charge is 0.302 e. The quantitative estimate of drug-likeness (QED) is 0.670. The number of alkyl halides is 1. The molecule has 2 unspecified atom stereocenters. The van der Waals surface area contributed by atoms with Crippen LogP contribution in [0.25, 0.3) is 0 Å². The summed E-state index contributed by atoms with van der Waals surface area (Å²) in [6, 6.07) is 0. The molecule has 1 heterocycles. The van der Waals surface area contributed by atoms with Crippen molar-refractivity contribution in [1.29, 1.82) is 0 Å². The van der Waals surface area contributed by atoms with E-state index in [4.69, 9.17) is 11.6 Å². The van der Waals surface area contributed by atoms with Crippen molar-refractivity contribution < 1.29 is 0 Å². The lowest BCUT2D eigenvalue weighted by atomic mass is 9.81. The van der Waals surface area contributed by atoms with Crippen LogP contribution in [0.1, 0.15) is 45.4 Å². The molecule has 0 radical (unpaired) electrons. The summed E-state index contributed by atoms with van der Waals surface area (Å²) in [6.45, 7) is 6.08. The Morgan fingerprint density at radius 3 is 2.53 bits per heavy atom. The number of rotatable bonds is 3. The summed E-state index contributed by atoms with van der Waals surface area (Å²) >= 11 is 6.13. The summed E-state index contributed by atoms with van der Waals surface area (Å²) < 4.78 is 0. The van der Waals surface area contributed by atoms with E-state index < -0.39 is 0 Å². The lowest BCUT2D eigenvalue weighted by molar-refractivity contribution is 0.196. The predicted octanol–water partition coefficient (Wildman–Crippen LogP) is 3.52. The van der Waals surface area contributed by atoms with E-state index in [9.17, 15) is 0 Å². The Hall–Kier alpha value is 0.250.